The Bertz CT molecular complexity index is 587. The van der Waals surface area contributed by atoms with E-state index in [1.165, 1.54) is 0 Å². The van der Waals surface area contributed by atoms with Crippen LogP contribution in [0.3, 0.4) is 0 Å². The Hall–Kier alpha value is -2.09. The molecule has 0 aliphatic rings. The predicted molar refractivity (Wildman–Crippen MR) is 80.3 cm³/mol. The lowest BCUT2D eigenvalue weighted by molar-refractivity contribution is 0.104. The van der Waals surface area contributed by atoms with E-state index in [1.54, 1.807) is 12.3 Å². The minimum Gasteiger partial charge on any atom is -0.391 e. The second kappa shape index (κ2) is 6.74. The van der Waals surface area contributed by atoms with Gasteiger partial charge < -0.3 is 5.32 Å². The highest BCUT2D eigenvalue weighted by Crippen LogP contribution is 2.16. The molecule has 0 aliphatic carbocycles. The van der Waals surface area contributed by atoms with Crippen molar-refractivity contribution in [3.8, 4) is 0 Å². The van der Waals surface area contributed by atoms with Crippen LogP contribution >= 0.6 is 0 Å². The fourth-order valence-corrected chi connectivity index (χ4v) is 1.94. The zero-order valence-electron chi connectivity index (χ0n) is 11.2. The first-order valence-electron chi connectivity index (χ1n) is 6.74. The highest BCUT2D eigenvalue weighted by atomic mass is 16.1. The minimum atomic E-state index is 0.0368. The van der Waals surface area contributed by atoms with E-state index in [9.17, 15) is 4.79 Å². The third-order valence-corrected chi connectivity index (χ3v) is 3.06. The first kappa shape index (κ1) is 13.3. The molecule has 0 atom stereocenters. The van der Waals surface area contributed by atoms with Crippen molar-refractivity contribution in [2.45, 2.75) is 19.8 Å². The Labute approximate surface area is 114 Å². The van der Waals surface area contributed by atoms with Crippen LogP contribution in [0.2, 0.25) is 0 Å². The zero-order chi connectivity index (χ0) is 13.5. The van der Waals surface area contributed by atoms with Crippen molar-refractivity contribution in [1.82, 2.24) is 5.32 Å². The van der Waals surface area contributed by atoms with Crippen LogP contribution in [-0.2, 0) is 0 Å². The Morgan fingerprint density at radius 1 is 1.16 bits per heavy atom. The van der Waals surface area contributed by atoms with Crippen molar-refractivity contribution in [3.05, 3.63) is 60.3 Å². The quantitative estimate of drug-likeness (QED) is 0.480. The van der Waals surface area contributed by atoms with Gasteiger partial charge in [0.15, 0.2) is 5.78 Å². The molecule has 0 aromatic heterocycles. The van der Waals surface area contributed by atoms with Crippen LogP contribution in [-0.4, -0.2) is 12.3 Å². The SMILES string of the molecule is CCCCN/C=C/C(=O)c1ccc2ccccc2c1. The first-order chi connectivity index (χ1) is 9.31. The van der Waals surface area contributed by atoms with Crippen LogP contribution in [0, 0.1) is 0 Å². The molecule has 2 nitrogen and oxygen atoms in total. The molecule has 0 aliphatic heterocycles. The largest absolute Gasteiger partial charge is 0.391 e. The van der Waals surface area contributed by atoms with Gasteiger partial charge in [0.2, 0.25) is 0 Å². The summed E-state index contributed by atoms with van der Waals surface area (Å²) in [6.45, 7) is 3.06. The standard InChI is InChI=1S/C17H19NO/c1-2-3-11-18-12-10-17(19)16-9-8-14-6-4-5-7-15(14)13-16/h4-10,12-13,18H,2-3,11H2,1H3/b12-10+. The van der Waals surface area contributed by atoms with Crippen LogP contribution in [0.25, 0.3) is 10.8 Å². The highest BCUT2D eigenvalue weighted by Gasteiger charge is 2.02. The molecule has 98 valence electrons. The molecule has 0 amide bonds. The molecule has 0 fully saturated rings. The molecule has 0 unspecified atom stereocenters. The smallest absolute Gasteiger partial charge is 0.187 e. The van der Waals surface area contributed by atoms with Gasteiger partial charge in [-0.05, 0) is 23.3 Å². The second-order valence-corrected chi connectivity index (χ2v) is 4.57. The van der Waals surface area contributed by atoms with Crippen molar-refractivity contribution in [2.75, 3.05) is 6.54 Å². The molecule has 0 radical (unpaired) electrons. The van der Waals surface area contributed by atoms with Crippen LogP contribution in [0.5, 0.6) is 0 Å². The van der Waals surface area contributed by atoms with E-state index in [1.807, 2.05) is 42.5 Å². The number of rotatable bonds is 6. The van der Waals surface area contributed by atoms with Crippen LogP contribution < -0.4 is 5.32 Å². The topological polar surface area (TPSA) is 29.1 Å². The summed E-state index contributed by atoms with van der Waals surface area (Å²) in [6, 6.07) is 13.9. The molecule has 0 heterocycles. The van der Waals surface area contributed by atoms with Gasteiger partial charge in [0.25, 0.3) is 0 Å². The van der Waals surface area contributed by atoms with Crippen molar-refractivity contribution in [1.29, 1.82) is 0 Å². The number of ketones is 1. The number of fused-ring (bicyclic) bond motifs is 1. The average molecular weight is 253 g/mol. The number of carbonyl (C=O) groups excluding carboxylic acids is 1. The lowest BCUT2D eigenvalue weighted by atomic mass is 10.0. The summed E-state index contributed by atoms with van der Waals surface area (Å²) in [7, 11) is 0. The Morgan fingerprint density at radius 2 is 1.95 bits per heavy atom. The minimum absolute atomic E-state index is 0.0368. The summed E-state index contributed by atoms with van der Waals surface area (Å²) in [6.07, 6.45) is 5.61. The van der Waals surface area contributed by atoms with E-state index in [2.05, 4.69) is 12.2 Å². The lowest BCUT2D eigenvalue weighted by Crippen LogP contribution is -2.07. The van der Waals surface area contributed by atoms with Gasteiger partial charge in [-0.3, -0.25) is 4.79 Å². The number of hydrogen-bond donors (Lipinski definition) is 1. The van der Waals surface area contributed by atoms with E-state index in [0.717, 1.165) is 35.7 Å². The summed E-state index contributed by atoms with van der Waals surface area (Å²) in [5, 5.41) is 5.38. The van der Waals surface area contributed by atoms with E-state index in [-0.39, 0.29) is 5.78 Å². The Morgan fingerprint density at radius 3 is 2.74 bits per heavy atom. The average Bonchev–Trinajstić information content (AvgIpc) is 2.46. The summed E-state index contributed by atoms with van der Waals surface area (Å²) >= 11 is 0. The first-order valence-corrected chi connectivity index (χ1v) is 6.74. The lowest BCUT2D eigenvalue weighted by Gasteiger charge is -2.01. The van der Waals surface area contributed by atoms with Gasteiger partial charge in [0.05, 0.1) is 0 Å². The van der Waals surface area contributed by atoms with Gasteiger partial charge in [0.1, 0.15) is 0 Å². The molecule has 2 heteroatoms. The normalized spacial score (nSPS) is 11.0. The molecule has 0 bridgehead atoms. The molecule has 2 rings (SSSR count). The number of nitrogens with one attached hydrogen (secondary N) is 1. The van der Waals surface area contributed by atoms with E-state index in [0.29, 0.717) is 0 Å². The number of hydrogen-bond acceptors (Lipinski definition) is 2. The Balaban J connectivity index is 2.04. The van der Waals surface area contributed by atoms with Gasteiger partial charge in [-0.25, -0.2) is 0 Å². The number of benzene rings is 2. The van der Waals surface area contributed by atoms with E-state index in [4.69, 9.17) is 0 Å². The maximum absolute atomic E-state index is 12.0. The van der Waals surface area contributed by atoms with E-state index < -0.39 is 0 Å². The van der Waals surface area contributed by atoms with Crippen molar-refractivity contribution >= 4 is 16.6 Å². The van der Waals surface area contributed by atoms with Crippen molar-refractivity contribution in [2.24, 2.45) is 0 Å². The second-order valence-electron chi connectivity index (χ2n) is 4.57. The summed E-state index contributed by atoms with van der Waals surface area (Å²) in [5.41, 5.74) is 0.729. The van der Waals surface area contributed by atoms with Crippen molar-refractivity contribution in [3.63, 3.8) is 0 Å². The fraction of sp³-hybridized carbons (Fsp3) is 0.235. The molecule has 0 saturated heterocycles. The third-order valence-electron chi connectivity index (χ3n) is 3.06. The summed E-state index contributed by atoms with van der Waals surface area (Å²) < 4.78 is 0. The van der Waals surface area contributed by atoms with Gasteiger partial charge in [-0.1, -0.05) is 49.7 Å². The van der Waals surface area contributed by atoms with Gasteiger partial charge in [0, 0.05) is 24.4 Å². The van der Waals surface area contributed by atoms with Gasteiger partial charge >= 0.3 is 0 Å². The number of unbranched alkanes of at least 4 members (excludes halogenated alkanes) is 1. The molecular formula is C17H19NO. The predicted octanol–water partition coefficient (Wildman–Crippen LogP) is 3.93. The van der Waals surface area contributed by atoms with Gasteiger partial charge in [-0.15, -0.1) is 0 Å². The monoisotopic (exact) mass is 253 g/mol. The van der Waals surface area contributed by atoms with Gasteiger partial charge in [-0.2, -0.15) is 0 Å². The molecule has 1 N–H and O–H groups in total. The Kier molecular flexibility index (Phi) is 4.73. The van der Waals surface area contributed by atoms with E-state index >= 15 is 0 Å². The molecule has 2 aromatic rings. The fourth-order valence-electron chi connectivity index (χ4n) is 1.94. The molecule has 19 heavy (non-hydrogen) atoms. The molecular weight excluding hydrogens is 234 g/mol. The van der Waals surface area contributed by atoms with Crippen LogP contribution in [0.1, 0.15) is 30.1 Å². The number of carbonyl (C=O) groups is 1. The molecule has 0 spiro atoms. The molecule has 0 saturated carbocycles. The van der Waals surface area contributed by atoms with Crippen LogP contribution in [0.4, 0.5) is 0 Å². The summed E-state index contributed by atoms with van der Waals surface area (Å²) in [4.78, 5) is 12.0. The summed E-state index contributed by atoms with van der Waals surface area (Å²) in [5.74, 6) is 0.0368. The van der Waals surface area contributed by atoms with Crippen LogP contribution in [0.15, 0.2) is 54.7 Å². The third kappa shape index (κ3) is 3.68. The highest BCUT2D eigenvalue weighted by molar-refractivity contribution is 6.06. The maximum atomic E-state index is 12.0. The van der Waals surface area contributed by atoms with Crippen molar-refractivity contribution < 1.29 is 4.79 Å². The maximum Gasteiger partial charge on any atom is 0.187 e. The zero-order valence-corrected chi connectivity index (χ0v) is 11.2. The molecule has 2 aromatic carbocycles. The number of allylic oxidation sites excluding steroid dienone is 1.